The zero-order valence-corrected chi connectivity index (χ0v) is 19.8. The second kappa shape index (κ2) is 10.5. The maximum absolute atomic E-state index is 13.2. The molecule has 1 amide bonds. The number of aromatic nitrogens is 3. The van der Waals surface area contributed by atoms with E-state index in [1.54, 1.807) is 12.1 Å². The van der Waals surface area contributed by atoms with Gasteiger partial charge in [0, 0.05) is 25.7 Å². The Morgan fingerprint density at radius 1 is 1.14 bits per heavy atom. The second-order valence-electron chi connectivity index (χ2n) is 9.24. The van der Waals surface area contributed by atoms with Crippen LogP contribution in [0.4, 0.5) is 4.39 Å². The van der Waals surface area contributed by atoms with Crippen molar-refractivity contribution in [3.05, 3.63) is 76.9 Å². The highest BCUT2D eigenvalue weighted by Crippen LogP contribution is 2.27. The highest BCUT2D eigenvalue weighted by molar-refractivity contribution is 5.77. The summed E-state index contributed by atoms with van der Waals surface area (Å²) in [6, 6.07) is 14.2. The molecule has 184 valence electrons. The predicted molar refractivity (Wildman–Crippen MR) is 127 cm³/mol. The summed E-state index contributed by atoms with van der Waals surface area (Å²) in [5.41, 5.74) is 4.01. The summed E-state index contributed by atoms with van der Waals surface area (Å²) in [4.78, 5) is 14.6. The van der Waals surface area contributed by atoms with Crippen LogP contribution in [-0.4, -0.2) is 51.5 Å². The van der Waals surface area contributed by atoms with Crippen molar-refractivity contribution >= 4 is 5.91 Å². The minimum absolute atomic E-state index is 0.0225. The molecule has 1 fully saturated rings. The summed E-state index contributed by atoms with van der Waals surface area (Å²) in [6.45, 7) is 5.47. The molecular formula is C26H30FN5O3. The van der Waals surface area contributed by atoms with E-state index in [-0.39, 0.29) is 30.5 Å². The Labute approximate surface area is 204 Å². The number of carbonyl (C=O) groups is 1. The number of carbonyl (C=O) groups excluding carboxylic acids is 1. The smallest absolute Gasteiger partial charge is 0.258 e. The van der Waals surface area contributed by atoms with E-state index < -0.39 is 0 Å². The van der Waals surface area contributed by atoms with Crippen molar-refractivity contribution in [2.45, 2.75) is 51.6 Å². The SMILES string of the molecule is Cc1ccc(OCC(=O)NC2CCN(Cc3nnn4c3CO[C@H](c3ccc(F)cc3)C4)CC2)cc1. The number of nitrogens with zero attached hydrogens (tertiary/aromatic N) is 4. The van der Waals surface area contributed by atoms with Crippen molar-refractivity contribution in [3.63, 3.8) is 0 Å². The van der Waals surface area contributed by atoms with E-state index in [9.17, 15) is 9.18 Å². The average molecular weight is 480 g/mol. The fraction of sp³-hybridized carbons (Fsp3) is 0.423. The third-order valence-electron chi connectivity index (χ3n) is 6.64. The van der Waals surface area contributed by atoms with Crippen molar-refractivity contribution in [3.8, 4) is 5.75 Å². The van der Waals surface area contributed by atoms with Gasteiger partial charge in [-0.1, -0.05) is 35.0 Å². The highest BCUT2D eigenvalue weighted by Gasteiger charge is 2.27. The summed E-state index contributed by atoms with van der Waals surface area (Å²) in [5.74, 6) is 0.349. The lowest BCUT2D eigenvalue weighted by atomic mass is 10.0. The van der Waals surface area contributed by atoms with Crippen LogP contribution in [0.3, 0.4) is 0 Å². The molecule has 8 nitrogen and oxygen atoms in total. The summed E-state index contributed by atoms with van der Waals surface area (Å²) in [5, 5.41) is 11.8. The van der Waals surface area contributed by atoms with Crippen LogP contribution in [0.1, 0.15) is 41.5 Å². The number of ether oxygens (including phenoxy) is 2. The lowest BCUT2D eigenvalue weighted by molar-refractivity contribution is -0.124. The van der Waals surface area contributed by atoms with E-state index in [1.807, 2.05) is 35.9 Å². The standard InChI is InChI=1S/C26H30FN5O3/c1-18-2-8-22(9-3-18)34-17-26(33)28-21-10-12-31(13-11-21)14-23-24-16-35-25(15-32(24)30-29-23)19-4-6-20(27)7-5-19/h2-9,21,25H,10-17H2,1H3,(H,28,33)/t25-/m0/s1. The maximum Gasteiger partial charge on any atom is 0.258 e. The molecule has 2 aliphatic heterocycles. The number of piperidine rings is 1. The molecule has 0 saturated carbocycles. The number of hydrogen-bond acceptors (Lipinski definition) is 6. The van der Waals surface area contributed by atoms with E-state index in [2.05, 4.69) is 20.5 Å². The normalized spacial score (nSPS) is 18.7. The Hall–Kier alpha value is -3.30. The van der Waals surface area contributed by atoms with Crippen LogP contribution < -0.4 is 10.1 Å². The van der Waals surface area contributed by atoms with Crippen LogP contribution >= 0.6 is 0 Å². The van der Waals surface area contributed by atoms with Crippen molar-refractivity contribution in [2.75, 3.05) is 19.7 Å². The minimum Gasteiger partial charge on any atom is -0.484 e. The zero-order chi connectivity index (χ0) is 24.2. The number of benzene rings is 2. The van der Waals surface area contributed by atoms with Gasteiger partial charge >= 0.3 is 0 Å². The van der Waals surface area contributed by atoms with Gasteiger partial charge < -0.3 is 14.8 Å². The van der Waals surface area contributed by atoms with Gasteiger partial charge in [-0.3, -0.25) is 9.69 Å². The van der Waals surface area contributed by atoms with Gasteiger partial charge in [0.05, 0.1) is 18.8 Å². The third-order valence-corrected chi connectivity index (χ3v) is 6.64. The predicted octanol–water partition coefficient (Wildman–Crippen LogP) is 3.16. The first kappa shape index (κ1) is 23.4. The minimum atomic E-state index is -0.257. The molecule has 0 spiro atoms. The lowest BCUT2D eigenvalue weighted by Crippen LogP contribution is -2.45. The highest BCUT2D eigenvalue weighted by atomic mass is 19.1. The van der Waals surface area contributed by atoms with Crippen molar-refractivity contribution < 1.29 is 18.7 Å². The first-order valence-electron chi connectivity index (χ1n) is 12.0. The van der Waals surface area contributed by atoms with Gasteiger partial charge in [-0.25, -0.2) is 9.07 Å². The van der Waals surface area contributed by atoms with E-state index in [4.69, 9.17) is 9.47 Å². The monoisotopic (exact) mass is 479 g/mol. The van der Waals surface area contributed by atoms with Crippen molar-refractivity contribution in [1.29, 1.82) is 0 Å². The van der Waals surface area contributed by atoms with Crippen LogP contribution in [0.2, 0.25) is 0 Å². The molecule has 5 rings (SSSR count). The molecule has 35 heavy (non-hydrogen) atoms. The Kier molecular flexibility index (Phi) is 7.06. The molecule has 0 bridgehead atoms. The maximum atomic E-state index is 13.2. The van der Waals surface area contributed by atoms with Crippen molar-refractivity contribution in [1.82, 2.24) is 25.2 Å². The van der Waals surface area contributed by atoms with Crippen LogP contribution in [0, 0.1) is 12.7 Å². The number of hydrogen-bond donors (Lipinski definition) is 1. The van der Waals surface area contributed by atoms with Gasteiger partial charge in [-0.2, -0.15) is 0 Å². The molecule has 9 heteroatoms. The number of fused-ring (bicyclic) bond motifs is 1. The van der Waals surface area contributed by atoms with Crippen LogP contribution in [-0.2, 0) is 29.2 Å². The number of amides is 1. The fourth-order valence-electron chi connectivity index (χ4n) is 4.56. The average Bonchev–Trinajstić information content (AvgIpc) is 3.27. The van der Waals surface area contributed by atoms with Gasteiger partial charge in [-0.15, -0.1) is 5.10 Å². The molecule has 2 aliphatic rings. The van der Waals surface area contributed by atoms with E-state index >= 15 is 0 Å². The Morgan fingerprint density at radius 2 is 1.89 bits per heavy atom. The Morgan fingerprint density at radius 3 is 2.63 bits per heavy atom. The zero-order valence-electron chi connectivity index (χ0n) is 19.8. The Bertz CT molecular complexity index is 1140. The quantitative estimate of drug-likeness (QED) is 0.561. The summed E-state index contributed by atoms with van der Waals surface area (Å²) in [7, 11) is 0. The van der Waals surface area contributed by atoms with E-state index in [0.29, 0.717) is 25.4 Å². The molecule has 1 N–H and O–H groups in total. The van der Waals surface area contributed by atoms with Gasteiger partial charge in [0.1, 0.15) is 23.4 Å². The van der Waals surface area contributed by atoms with Crippen LogP contribution in [0.25, 0.3) is 0 Å². The molecule has 0 aliphatic carbocycles. The molecule has 1 atom stereocenters. The van der Waals surface area contributed by atoms with Crippen molar-refractivity contribution in [2.24, 2.45) is 0 Å². The van der Waals surface area contributed by atoms with Crippen LogP contribution in [0.5, 0.6) is 5.75 Å². The molecule has 1 aromatic heterocycles. The number of halogens is 1. The largest absolute Gasteiger partial charge is 0.484 e. The third kappa shape index (κ3) is 5.86. The second-order valence-corrected chi connectivity index (χ2v) is 9.24. The topological polar surface area (TPSA) is 81.5 Å². The number of rotatable bonds is 7. The summed E-state index contributed by atoms with van der Waals surface area (Å²) < 4.78 is 26.7. The number of nitrogens with one attached hydrogen (secondary N) is 1. The van der Waals surface area contributed by atoms with Gasteiger partial charge in [0.2, 0.25) is 0 Å². The first-order chi connectivity index (χ1) is 17.0. The fourth-order valence-corrected chi connectivity index (χ4v) is 4.56. The van der Waals surface area contributed by atoms with Crippen LogP contribution in [0.15, 0.2) is 48.5 Å². The molecule has 3 aromatic rings. The summed E-state index contributed by atoms with van der Waals surface area (Å²) >= 11 is 0. The number of aryl methyl sites for hydroxylation is 1. The molecule has 0 radical (unpaired) electrons. The first-order valence-corrected chi connectivity index (χ1v) is 12.0. The van der Waals surface area contributed by atoms with E-state index in [1.165, 1.54) is 12.1 Å². The molecular weight excluding hydrogens is 449 g/mol. The molecule has 1 saturated heterocycles. The van der Waals surface area contributed by atoms with Gasteiger partial charge in [0.25, 0.3) is 5.91 Å². The Balaban J connectivity index is 1.07. The lowest BCUT2D eigenvalue weighted by Gasteiger charge is -2.32. The molecule has 0 unspecified atom stereocenters. The molecule has 3 heterocycles. The van der Waals surface area contributed by atoms with Gasteiger partial charge in [0.15, 0.2) is 6.61 Å². The summed E-state index contributed by atoms with van der Waals surface area (Å²) in [6.07, 6.45) is 1.60. The van der Waals surface area contributed by atoms with Gasteiger partial charge in [-0.05, 0) is 49.6 Å². The number of likely N-dealkylation sites (tertiary alicyclic amines) is 1. The van der Waals surface area contributed by atoms with E-state index in [0.717, 1.165) is 48.4 Å². The molecule has 2 aromatic carbocycles.